The largest absolute Gasteiger partial charge is 0.496 e. The van der Waals surface area contributed by atoms with E-state index in [4.69, 9.17) is 18.9 Å². The first kappa shape index (κ1) is 30.7. The van der Waals surface area contributed by atoms with Gasteiger partial charge < -0.3 is 29.2 Å². The van der Waals surface area contributed by atoms with E-state index in [2.05, 4.69) is 21.2 Å². The van der Waals surface area contributed by atoms with E-state index in [0.717, 1.165) is 22.2 Å². The van der Waals surface area contributed by atoms with Gasteiger partial charge in [0.25, 0.3) is 5.91 Å². The van der Waals surface area contributed by atoms with Crippen molar-refractivity contribution in [1.82, 2.24) is 0 Å². The summed E-state index contributed by atoms with van der Waals surface area (Å²) in [6.45, 7) is 5.17. The van der Waals surface area contributed by atoms with Gasteiger partial charge in [-0.15, -0.1) is 11.3 Å². The second-order valence-corrected chi connectivity index (χ2v) is 11.7. The minimum atomic E-state index is -0.548. The summed E-state index contributed by atoms with van der Waals surface area (Å²) in [4.78, 5) is 39.7. The van der Waals surface area contributed by atoms with Gasteiger partial charge >= 0.3 is 5.97 Å². The number of nitrogens with one attached hydrogen (secondary N) is 1. The molecule has 218 valence electrons. The van der Waals surface area contributed by atoms with Crippen molar-refractivity contribution < 1.29 is 33.3 Å². The molecular weight excluding hydrogens is 612 g/mol. The smallest absolute Gasteiger partial charge is 0.338 e. The van der Waals surface area contributed by atoms with Gasteiger partial charge in [-0.2, -0.15) is 0 Å². The number of thiophene rings is 1. The Morgan fingerprint density at radius 3 is 2.54 bits per heavy atom. The fraction of sp³-hybridized carbons (Fsp3) is 0.367. The van der Waals surface area contributed by atoms with Crippen LogP contribution in [0.25, 0.3) is 0 Å². The van der Waals surface area contributed by atoms with Crippen LogP contribution in [0.4, 0.5) is 10.7 Å². The first-order chi connectivity index (χ1) is 19.9. The molecule has 1 aromatic heterocycles. The Bertz CT molecular complexity index is 1360. The average Bonchev–Trinajstić information content (AvgIpc) is 3.28. The molecule has 1 aliphatic rings. The number of nitrogens with zero attached hydrogens (tertiary/aromatic N) is 1. The number of benzene rings is 2. The summed E-state index contributed by atoms with van der Waals surface area (Å²) in [6.07, 6.45) is 1.41. The maximum absolute atomic E-state index is 14.4. The zero-order valence-electron chi connectivity index (χ0n) is 23.2. The van der Waals surface area contributed by atoms with Crippen LogP contribution in [0.3, 0.4) is 0 Å². The van der Waals surface area contributed by atoms with Crippen LogP contribution in [0.5, 0.6) is 5.75 Å². The van der Waals surface area contributed by atoms with Crippen molar-refractivity contribution in [3.8, 4) is 5.75 Å². The summed E-state index contributed by atoms with van der Waals surface area (Å²) >= 11 is 4.78. The third kappa shape index (κ3) is 7.34. The van der Waals surface area contributed by atoms with Gasteiger partial charge in [0.05, 0.1) is 41.3 Å². The zero-order chi connectivity index (χ0) is 29.4. The van der Waals surface area contributed by atoms with Crippen molar-refractivity contribution in [2.75, 3.05) is 43.7 Å². The molecule has 1 atom stereocenters. The Hall–Kier alpha value is -3.25. The molecule has 11 heteroatoms. The lowest BCUT2D eigenvalue weighted by atomic mass is 10.0. The molecule has 3 aromatic rings. The predicted molar refractivity (Wildman–Crippen MR) is 161 cm³/mol. The van der Waals surface area contributed by atoms with Gasteiger partial charge in [0.1, 0.15) is 16.9 Å². The minimum Gasteiger partial charge on any atom is -0.496 e. The summed E-state index contributed by atoms with van der Waals surface area (Å²) in [5.74, 6) is -0.123. The lowest BCUT2D eigenvalue weighted by molar-refractivity contribution is -0.105. The summed E-state index contributed by atoms with van der Waals surface area (Å²) in [6, 6.07) is 14.3. The van der Waals surface area contributed by atoms with E-state index in [1.54, 1.807) is 43.2 Å². The molecule has 41 heavy (non-hydrogen) atoms. The number of halogens is 1. The molecule has 4 rings (SSSR count). The number of hydrogen-bond acceptors (Lipinski definition) is 8. The molecule has 0 saturated carbocycles. The van der Waals surface area contributed by atoms with E-state index in [1.807, 2.05) is 31.2 Å². The summed E-state index contributed by atoms with van der Waals surface area (Å²) in [7, 11) is 1.60. The highest BCUT2D eigenvalue weighted by atomic mass is 79.9. The minimum absolute atomic E-state index is 0.0638. The maximum atomic E-state index is 14.4. The number of methoxy groups -OCH3 is 1. The lowest BCUT2D eigenvalue weighted by Gasteiger charge is -2.33. The fourth-order valence-electron chi connectivity index (χ4n) is 4.69. The zero-order valence-corrected chi connectivity index (χ0v) is 25.6. The van der Waals surface area contributed by atoms with E-state index >= 15 is 0 Å². The lowest BCUT2D eigenvalue weighted by Crippen LogP contribution is -2.38. The first-order valence-corrected chi connectivity index (χ1v) is 14.9. The van der Waals surface area contributed by atoms with E-state index in [1.165, 1.54) is 11.3 Å². The van der Waals surface area contributed by atoms with Gasteiger partial charge in [-0.1, -0.05) is 18.2 Å². The quantitative estimate of drug-likeness (QED) is 0.186. The van der Waals surface area contributed by atoms with Crippen molar-refractivity contribution in [1.29, 1.82) is 0 Å². The number of hydrogen-bond donors (Lipinski definition) is 1. The topological polar surface area (TPSA) is 103 Å². The number of esters is 1. The van der Waals surface area contributed by atoms with Gasteiger partial charge in [-0.25, -0.2) is 4.79 Å². The second-order valence-electron chi connectivity index (χ2n) is 9.33. The number of amides is 2. The van der Waals surface area contributed by atoms with Crippen LogP contribution in [0.2, 0.25) is 0 Å². The standard InChI is InChI=1S/C30H33BrN2O7S/c1-4-39-30(36)20-9-11-21(12-10-20)33(29(35)26-19(2)27(31)41-28(26)32-18-34)17-25(40-22-13-15-38-16-14-22)23-7-5-6-8-24(23)37-3/h5-12,18,22,25H,4,13-17H2,1-3H3,(H,32,34). The van der Waals surface area contributed by atoms with E-state index < -0.39 is 12.1 Å². The highest BCUT2D eigenvalue weighted by molar-refractivity contribution is 9.11. The Morgan fingerprint density at radius 1 is 1.17 bits per heavy atom. The van der Waals surface area contributed by atoms with Gasteiger partial charge in [0.15, 0.2) is 0 Å². The molecule has 1 N–H and O–H groups in total. The van der Waals surface area contributed by atoms with Gasteiger partial charge in [0.2, 0.25) is 6.41 Å². The molecule has 0 radical (unpaired) electrons. The summed E-state index contributed by atoms with van der Waals surface area (Å²) in [5.41, 5.74) is 2.81. The van der Waals surface area contributed by atoms with Gasteiger partial charge in [-0.3, -0.25) is 9.59 Å². The summed E-state index contributed by atoms with van der Waals surface area (Å²) < 4.78 is 23.7. The van der Waals surface area contributed by atoms with E-state index in [9.17, 15) is 14.4 Å². The third-order valence-electron chi connectivity index (χ3n) is 6.79. The molecule has 1 saturated heterocycles. The molecule has 1 fully saturated rings. The summed E-state index contributed by atoms with van der Waals surface area (Å²) in [5, 5.41) is 3.10. The maximum Gasteiger partial charge on any atom is 0.338 e. The predicted octanol–water partition coefficient (Wildman–Crippen LogP) is 6.16. The molecule has 2 amide bonds. The van der Waals surface area contributed by atoms with Crippen LogP contribution < -0.4 is 15.0 Å². The molecule has 1 unspecified atom stereocenters. The number of anilines is 2. The monoisotopic (exact) mass is 644 g/mol. The highest BCUT2D eigenvalue weighted by Gasteiger charge is 2.31. The molecule has 9 nitrogen and oxygen atoms in total. The Morgan fingerprint density at radius 2 is 1.88 bits per heavy atom. The van der Waals surface area contributed by atoms with E-state index in [-0.39, 0.29) is 25.2 Å². The van der Waals surface area contributed by atoms with Crippen LogP contribution in [-0.4, -0.2) is 57.9 Å². The number of ether oxygens (including phenoxy) is 4. The van der Waals surface area contributed by atoms with Crippen molar-refractivity contribution in [3.05, 3.63) is 74.6 Å². The Kier molecular flexibility index (Phi) is 10.9. The van der Waals surface area contributed by atoms with Crippen LogP contribution in [0.1, 0.15) is 57.7 Å². The molecule has 1 aliphatic heterocycles. The molecule has 0 bridgehead atoms. The van der Waals surface area contributed by atoms with Gasteiger partial charge in [0, 0.05) is 24.5 Å². The van der Waals surface area contributed by atoms with E-state index in [0.29, 0.717) is 52.8 Å². The number of para-hydroxylation sites is 1. The van der Waals surface area contributed by atoms with Crippen molar-refractivity contribution in [2.45, 2.75) is 38.9 Å². The van der Waals surface area contributed by atoms with Crippen molar-refractivity contribution >= 4 is 56.2 Å². The fourth-order valence-corrected chi connectivity index (χ4v) is 6.26. The van der Waals surface area contributed by atoms with Crippen LogP contribution in [0.15, 0.2) is 52.3 Å². The van der Waals surface area contributed by atoms with Crippen molar-refractivity contribution in [3.63, 3.8) is 0 Å². The first-order valence-electron chi connectivity index (χ1n) is 13.3. The number of rotatable bonds is 12. The third-order valence-corrected chi connectivity index (χ3v) is 8.88. The second kappa shape index (κ2) is 14.6. The normalized spacial score (nSPS) is 14.2. The molecular formula is C30H33BrN2O7S. The highest BCUT2D eigenvalue weighted by Crippen LogP contribution is 2.39. The molecule has 2 aromatic carbocycles. The number of carbonyl (C=O) groups excluding carboxylic acids is 3. The van der Waals surface area contributed by atoms with Crippen molar-refractivity contribution in [2.24, 2.45) is 0 Å². The van der Waals surface area contributed by atoms with Crippen LogP contribution in [-0.2, 0) is 19.0 Å². The van der Waals surface area contributed by atoms with Crippen LogP contribution >= 0.6 is 27.3 Å². The SMILES string of the molecule is CCOC(=O)c1ccc(N(CC(OC2CCOCC2)c2ccccc2OC)C(=O)c2c(NC=O)sc(Br)c2C)cc1. The molecule has 2 heterocycles. The number of carbonyl (C=O) groups is 3. The average molecular weight is 646 g/mol. The van der Waals surface area contributed by atoms with Crippen LogP contribution in [0, 0.1) is 6.92 Å². The Labute approximate surface area is 251 Å². The Balaban J connectivity index is 1.79. The molecule has 0 aliphatic carbocycles. The van der Waals surface area contributed by atoms with Gasteiger partial charge in [-0.05, 0) is 78.5 Å². The molecule has 0 spiro atoms.